The van der Waals surface area contributed by atoms with E-state index in [1.54, 1.807) is 0 Å². The van der Waals surface area contributed by atoms with Crippen molar-refractivity contribution in [2.75, 3.05) is 0 Å². The molecule has 0 spiro atoms. The van der Waals surface area contributed by atoms with Gasteiger partial charge in [0, 0.05) is 11.8 Å². The zero-order valence-corrected chi connectivity index (χ0v) is 9.84. The molecule has 90 valence electrons. The van der Waals surface area contributed by atoms with Crippen LogP contribution < -0.4 is 11.3 Å². The van der Waals surface area contributed by atoms with Crippen LogP contribution in [0.2, 0.25) is 0 Å². The van der Waals surface area contributed by atoms with Gasteiger partial charge in [-0.05, 0) is 30.9 Å². The molecule has 0 aliphatic heterocycles. The second kappa shape index (κ2) is 4.47. The van der Waals surface area contributed by atoms with Crippen LogP contribution in [-0.4, -0.2) is 9.61 Å². The van der Waals surface area contributed by atoms with Gasteiger partial charge >= 0.3 is 0 Å². The van der Waals surface area contributed by atoms with Crippen molar-refractivity contribution in [3.05, 3.63) is 36.2 Å². The number of fused-ring (bicyclic) bond motifs is 1. The highest BCUT2D eigenvalue weighted by molar-refractivity contribution is 5.55. The van der Waals surface area contributed by atoms with Crippen molar-refractivity contribution in [1.29, 1.82) is 0 Å². The Morgan fingerprint density at radius 3 is 2.94 bits per heavy atom. The number of pyridine rings is 1. The van der Waals surface area contributed by atoms with Crippen LogP contribution in [0.3, 0.4) is 0 Å². The van der Waals surface area contributed by atoms with Crippen LogP contribution in [0.15, 0.2) is 30.6 Å². The molecule has 3 rings (SSSR count). The fourth-order valence-electron chi connectivity index (χ4n) is 2.96. The van der Waals surface area contributed by atoms with Crippen molar-refractivity contribution >= 4 is 5.52 Å². The highest BCUT2D eigenvalue weighted by Gasteiger charge is 2.27. The Morgan fingerprint density at radius 1 is 1.35 bits per heavy atom. The van der Waals surface area contributed by atoms with Crippen molar-refractivity contribution in [2.24, 2.45) is 11.8 Å². The zero-order valence-electron chi connectivity index (χ0n) is 9.84. The molecule has 17 heavy (non-hydrogen) atoms. The predicted octanol–water partition coefficient (Wildman–Crippen LogP) is 2.03. The van der Waals surface area contributed by atoms with Gasteiger partial charge in [-0.15, -0.1) is 0 Å². The van der Waals surface area contributed by atoms with E-state index in [9.17, 15) is 0 Å². The molecule has 3 N–H and O–H groups in total. The molecule has 2 aromatic heterocycles. The zero-order chi connectivity index (χ0) is 11.7. The fraction of sp³-hybridized carbons (Fsp3) is 0.462. The van der Waals surface area contributed by atoms with Crippen molar-refractivity contribution in [3.8, 4) is 0 Å². The summed E-state index contributed by atoms with van der Waals surface area (Å²) in [7, 11) is 0. The smallest absolute Gasteiger partial charge is 0.0710 e. The first kappa shape index (κ1) is 10.7. The molecule has 1 atom stereocenters. The minimum Gasteiger partial charge on any atom is -0.271 e. The summed E-state index contributed by atoms with van der Waals surface area (Å²) in [5.41, 5.74) is 5.36. The molecule has 0 amide bonds. The molecule has 1 aliphatic rings. The molecule has 1 fully saturated rings. The third kappa shape index (κ3) is 1.83. The standard InChI is InChI=1S/C13H18N4/c14-16-13(10-5-1-2-6-10)11-9-15-17-8-4-3-7-12(11)17/h3-4,7-10,13,16H,1-2,5-6,14H2. The summed E-state index contributed by atoms with van der Waals surface area (Å²) >= 11 is 0. The molecule has 1 saturated carbocycles. The van der Waals surface area contributed by atoms with E-state index in [1.165, 1.54) is 31.2 Å². The van der Waals surface area contributed by atoms with Gasteiger partial charge in [0.05, 0.1) is 17.8 Å². The van der Waals surface area contributed by atoms with Crippen LogP contribution in [0, 0.1) is 5.92 Å². The maximum Gasteiger partial charge on any atom is 0.0710 e. The average molecular weight is 230 g/mol. The van der Waals surface area contributed by atoms with E-state index >= 15 is 0 Å². The summed E-state index contributed by atoms with van der Waals surface area (Å²) in [6, 6.07) is 6.37. The lowest BCUT2D eigenvalue weighted by molar-refractivity contribution is 0.375. The van der Waals surface area contributed by atoms with E-state index in [0.29, 0.717) is 5.92 Å². The number of nitrogens with two attached hydrogens (primary N) is 1. The lowest BCUT2D eigenvalue weighted by Gasteiger charge is -2.21. The summed E-state index contributed by atoms with van der Waals surface area (Å²) in [5, 5.41) is 4.38. The number of rotatable bonds is 3. The van der Waals surface area contributed by atoms with Crippen LogP contribution in [0.5, 0.6) is 0 Å². The topological polar surface area (TPSA) is 55.3 Å². The first-order valence-electron chi connectivity index (χ1n) is 6.28. The number of nitrogens with zero attached hydrogens (tertiary/aromatic N) is 2. The monoisotopic (exact) mass is 230 g/mol. The summed E-state index contributed by atoms with van der Waals surface area (Å²) in [4.78, 5) is 0. The molecule has 0 saturated heterocycles. The number of hydrogen-bond donors (Lipinski definition) is 2. The normalized spacial score (nSPS) is 18.9. The predicted molar refractivity (Wildman–Crippen MR) is 67.2 cm³/mol. The van der Waals surface area contributed by atoms with E-state index in [0.717, 1.165) is 5.52 Å². The van der Waals surface area contributed by atoms with Gasteiger partial charge in [0.25, 0.3) is 0 Å². The van der Waals surface area contributed by atoms with Crippen molar-refractivity contribution in [2.45, 2.75) is 31.7 Å². The quantitative estimate of drug-likeness (QED) is 0.626. The second-order valence-corrected chi connectivity index (χ2v) is 4.82. The molecule has 2 aromatic rings. The minimum atomic E-state index is 0.234. The molecular formula is C13H18N4. The van der Waals surface area contributed by atoms with Crippen LogP contribution in [-0.2, 0) is 0 Å². The second-order valence-electron chi connectivity index (χ2n) is 4.82. The molecule has 2 heterocycles. The average Bonchev–Trinajstić information content (AvgIpc) is 3.01. The maximum atomic E-state index is 5.75. The Kier molecular flexibility index (Phi) is 2.82. The van der Waals surface area contributed by atoms with Crippen LogP contribution >= 0.6 is 0 Å². The van der Waals surface area contributed by atoms with E-state index in [1.807, 2.05) is 29.0 Å². The third-order valence-electron chi connectivity index (χ3n) is 3.84. The molecular weight excluding hydrogens is 212 g/mol. The van der Waals surface area contributed by atoms with Crippen LogP contribution in [0.4, 0.5) is 0 Å². The Hall–Kier alpha value is -1.39. The lowest BCUT2D eigenvalue weighted by atomic mass is 9.93. The minimum absolute atomic E-state index is 0.234. The lowest BCUT2D eigenvalue weighted by Crippen LogP contribution is -2.32. The number of hydrogen-bond acceptors (Lipinski definition) is 3. The van der Waals surface area contributed by atoms with E-state index in [2.05, 4.69) is 16.6 Å². The van der Waals surface area contributed by atoms with Gasteiger partial charge < -0.3 is 0 Å². The Balaban J connectivity index is 2.00. The molecule has 1 unspecified atom stereocenters. The summed E-state index contributed by atoms with van der Waals surface area (Å²) in [6.07, 6.45) is 9.08. The Bertz CT molecular complexity index is 499. The van der Waals surface area contributed by atoms with Gasteiger partial charge in [0.2, 0.25) is 0 Å². The maximum absolute atomic E-state index is 5.75. The molecule has 0 aromatic carbocycles. The van der Waals surface area contributed by atoms with Gasteiger partial charge in [-0.2, -0.15) is 5.10 Å². The van der Waals surface area contributed by atoms with Crippen molar-refractivity contribution in [1.82, 2.24) is 15.0 Å². The largest absolute Gasteiger partial charge is 0.271 e. The van der Waals surface area contributed by atoms with Crippen molar-refractivity contribution in [3.63, 3.8) is 0 Å². The number of hydrazine groups is 1. The van der Waals surface area contributed by atoms with Crippen LogP contribution in [0.25, 0.3) is 5.52 Å². The first-order valence-corrected chi connectivity index (χ1v) is 6.28. The van der Waals surface area contributed by atoms with Crippen molar-refractivity contribution < 1.29 is 0 Å². The molecule has 0 radical (unpaired) electrons. The summed E-state index contributed by atoms with van der Waals surface area (Å²) < 4.78 is 1.91. The van der Waals surface area contributed by atoms with Gasteiger partial charge in [-0.25, -0.2) is 4.52 Å². The Morgan fingerprint density at radius 2 is 2.18 bits per heavy atom. The Labute approximate surface area is 101 Å². The fourth-order valence-corrected chi connectivity index (χ4v) is 2.96. The summed E-state index contributed by atoms with van der Waals surface area (Å²) in [6.45, 7) is 0. The van der Waals surface area contributed by atoms with Crippen LogP contribution in [0.1, 0.15) is 37.3 Å². The summed E-state index contributed by atoms with van der Waals surface area (Å²) in [5.74, 6) is 6.39. The SMILES string of the molecule is NNC(c1cnn2ccccc12)C1CCCC1. The van der Waals surface area contributed by atoms with E-state index in [4.69, 9.17) is 5.84 Å². The third-order valence-corrected chi connectivity index (χ3v) is 3.84. The van der Waals surface area contributed by atoms with E-state index < -0.39 is 0 Å². The first-order chi connectivity index (χ1) is 8.40. The van der Waals surface area contributed by atoms with Gasteiger partial charge in [-0.3, -0.25) is 11.3 Å². The number of aromatic nitrogens is 2. The van der Waals surface area contributed by atoms with Gasteiger partial charge in [-0.1, -0.05) is 18.9 Å². The molecule has 4 heteroatoms. The van der Waals surface area contributed by atoms with Gasteiger partial charge in [0.15, 0.2) is 0 Å². The molecule has 1 aliphatic carbocycles. The highest BCUT2D eigenvalue weighted by atomic mass is 15.3. The molecule has 0 bridgehead atoms. The molecule has 4 nitrogen and oxygen atoms in total. The number of nitrogens with one attached hydrogen (secondary N) is 1. The highest BCUT2D eigenvalue weighted by Crippen LogP contribution is 2.36. The van der Waals surface area contributed by atoms with E-state index in [-0.39, 0.29) is 6.04 Å². The van der Waals surface area contributed by atoms with Gasteiger partial charge in [0.1, 0.15) is 0 Å².